The summed E-state index contributed by atoms with van der Waals surface area (Å²) in [5, 5.41) is 13.4. The van der Waals surface area contributed by atoms with Crippen molar-refractivity contribution in [3.63, 3.8) is 0 Å². The number of hydrogen-bond acceptors (Lipinski definition) is 6. The Morgan fingerprint density at radius 3 is 2.14 bits per heavy atom. The number of aromatic nitrogens is 1. The van der Waals surface area contributed by atoms with Crippen LogP contribution >= 0.6 is 0 Å². The van der Waals surface area contributed by atoms with E-state index in [4.69, 9.17) is 9.84 Å². The first-order valence-electron chi connectivity index (χ1n) is 14.8. The minimum absolute atomic E-state index is 0.0307. The summed E-state index contributed by atoms with van der Waals surface area (Å²) in [5.74, 6) is -0.179. The van der Waals surface area contributed by atoms with Crippen molar-refractivity contribution in [3.8, 4) is 5.69 Å². The third-order valence-electron chi connectivity index (χ3n) is 7.97. The molecule has 0 spiro atoms. The molecule has 8 nitrogen and oxygen atoms in total. The van der Waals surface area contributed by atoms with E-state index < -0.39 is 0 Å². The van der Waals surface area contributed by atoms with Gasteiger partial charge in [0.1, 0.15) is 0 Å². The molecule has 220 valence electrons. The van der Waals surface area contributed by atoms with E-state index in [0.717, 1.165) is 50.4 Å². The average molecular weight is 569 g/mol. The first kappa shape index (κ1) is 29.7. The predicted molar refractivity (Wildman–Crippen MR) is 166 cm³/mol. The molecule has 2 N–H and O–H groups in total. The van der Waals surface area contributed by atoms with Gasteiger partial charge in [-0.15, -0.1) is 0 Å². The molecular formula is C34H40N4O4. The van der Waals surface area contributed by atoms with Gasteiger partial charge in [0, 0.05) is 55.7 Å². The number of nitrogens with zero attached hydrogens (tertiary/aromatic N) is 3. The topological polar surface area (TPSA) is 87.0 Å². The van der Waals surface area contributed by atoms with Crippen LogP contribution in [0.3, 0.4) is 0 Å². The monoisotopic (exact) mass is 568 g/mol. The fraction of sp³-hybridized carbons (Fsp3) is 0.353. The average Bonchev–Trinajstić information content (AvgIpc) is 3.04. The maximum absolute atomic E-state index is 14.3. The number of benzene rings is 3. The summed E-state index contributed by atoms with van der Waals surface area (Å²) in [4.78, 5) is 33.0. The Morgan fingerprint density at radius 2 is 1.48 bits per heavy atom. The van der Waals surface area contributed by atoms with Gasteiger partial charge >= 0.3 is 0 Å². The minimum atomic E-state index is -0.179. The summed E-state index contributed by atoms with van der Waals surface area (Å²) in [6.45, 7) is 7.64. The Morgan fingerprint density at radius 1 is 0.857 bits per heavy atom. The van der Waals surface area contributed by atoms with Gasteiger partial charge in [-0.3, -0.25) is 24.0 Å². The molecule has 0 saturated carbocycles. The Labute approximate surface area is 247 Å². The molecule has 1 fully saturated rings. The highest BCUT2D eigenvalue weighted by molar-refractivity contribution is 6.08. The van der Waals surface area contributed by atoms with E-state index in [-0.39, 0.29) is 24.1 Å². The van der Waals surface area contributed by atoms with Gasteiger partial charge in [-0.25, -0.2) is 0 Å². The summed E-state index contributed by atoms with van der Waals surface area (Å²) in [5.41, 5.74) is 2.91. The fourth-order valence-corrected chi connectivity index (χ4v) is 5.73. The molecule has 5 rings (SSSR count). The molecule has 1 aliphatic rings. The first-order valence-corrected chi connectivity index (χ1v) is 14.8. The van der Waals surface area contributed by atoms with Gasteiger partial charge in [0.2, 0.25) is 0 Å². The van der Waals surface area contributed by atoms with Crippen molar-refractivity contribution in [2.45, 2.75) is 25.9 Å². The Kier molecular flexibility index (Phi) is 10.2. The van der Waals surface area contributed by atoms with Gasteiger partial charge in [0.15, 0.2) is 0 Å². The van der Waals surface area contributed by atoms with Crippen LogP contribution in [0.2, 0.25) is 0 Å². The number of nitrogens with one attached hydrogen (secondary N) is 1. The number of rotatable bonds is 12. The highest BCUT2D eigenvalue weighted by Crippen LogP contribution is 2.26. The Hall–Kier alpha value is -3.82. The molecule has 4 aromatic rings. The molecular weight excluding hydrogens is 528 g/mol. The molecule has 3 aromatic carbocycles. The summed E-state index contributed by atoms with van der Waals surface area (Å²) in [6.07, 6.45) is 0.741. The van der Waals surface area contributed by atoms with Crippen molar-refractivity contribution in [1.82, 2.24) is 19.7 Å². The number of hydrogen-bond donors (Lipinski definition) is 2. The summed E-state index contributed by atoms with van der Waals surface area (Å²) >= 11 is 0. The number of aliphatic hydroxyl groups excluding tert-OH is 1. The molecule has 1 atom stereocenters. The molecule has 0 aliphatic carbocycles. The van der Waals surface area contributed by atoms with Crippen LogP contribution in [0, 0.1) is 0 Å². The summed E-state index contributed by atoms with van der Waals surface area (Å²) in [6, 6.07) is 26.9. The van der Waals surface area contributed by atoms with Gasteiger partial charge in [-0.2, -0.15) is 0 Å². The SMILES string of the molecule is CC[C@H](NC(=O)c1c(CN2CCN(CCOCCO)CC2)n(-c2ccccc2)c(=O)c2ccccc12)c1ccccc1. The van der Waals surface area contributed by atoms with Gasteiger partial charge in [-0.05, 0) is 30.2 Å². The van der Waals surface area contributed by atoms with Crippen molar-refractivity contribution in [1.29, 1.82) is 0 Å². The normalized spacial score (nSPS) is 15.1. The van der Waals surface area contributed by atoms with Crippen molar-refractivity contribution < 1.29 is 14.6 Å². The van der Waals surface area contributed by atoms with E-state index in [0.29, 0.717) is 41.8 Å². The lowest BCUT2D eigenvalue weighted by molar-refractivity contribution is 0.0559. The van der Waals surface area contributed by atoms with E-state index in [1.54, 1.807) is 4.57 Å². The molecule has 1 aromatic heterocycles. The molecule has 42 heavy (non-hydrogen) atoms. The van der Waals surface area contributed by atoms with Crippen LogP contribution in [0.25, 0.3) is 16.5 Å². The third kappa shape index (κ3) is 6.79. The smallest absolute Gasteiger partial charge is 0.263 e. The quantitative estimate of drug-likeness (QED) is 0.251. The van der Waals surface area contributed by atoms with Gasteiger partial charge in [0.25, 0.3) is 11.5 Å². The standard InChI is InChI=1S/C34H40N4O4/c1-2-30(26-11-5-3-6-12-26)35-33(40)32-28-15-9-10-16-29(28)34(41)38(27-13-7-4-8-14-27)31(32)25-37-19-17-36(18-20-37)21-23-42-24-22-39/h3-16,30,39H,2,17-25H2,1H3,(H,35,40)/t30-/m0/s1. The highest BCUT2D eigenvalue weighted by atomic mass is 16.5. The zero-order valence-electron chi connectivity index (χ0n) is 24.2. The molecule has 2 heterocycles. The van der Waals surface area contributed by atoms with Crippen LogP contribution in [0.5, 0.6) is 0 Å². The third-order valence-corrected chi connectivity index (χ3v) is 7.97. The lowest BCUT2D eigenvalue weighted by Gasteiger charge is -2.35. The number of aliphatic hydroxyl groups is 1. The van der Waals surface area contributed by atoms with E-state index in [2.05, 4.69) is 22.0 Å². The maximum atomic E-state index is 14.3. The largest absolute Gasteiger partial charge is 0.394 e. The number of ether oxygens (including phenoxy) is 1. The van der Waals surface area contributed by atoms with Crippen LogP contribution in [0.1, 0.15) is 41.0 Å². The molecule has 0 bridgehead atoms. The van der Waals surface area contributed by atoms with E-state index in [1.807, 2.05) is 84.9 Å². The van der Waals surface area contributed by atoms with Crippen molar-refractivity contribution >= 4 is 16.7 Å². The second-order valence-corrected chi connectivity index (χ2v) is 10.6. The van der Waals surface area contributed by atoms with Crippen molar-refractivity contribution in [2.75, 3.05) is 52.5 Å². The van der Waals surface area contributed by atoms with Crippen molar-refractivity contribution in [2.24, 2.45) is 0 Å². The Balaban J connectivity index is 1.53. The van der Waals surface area contributed by atoms with Crippen LogP contribution in [-0.2, 0) is 11.3 Å². The van der Waals surface area contributed by atoms with Crippen LogP contribution in [0.4, 0.5) is 0 Å². The second-order valence-electron chi connectivity index (χ2n) is 10.6. The molecule has 0 unspecified atom stereocenters. The second kappa shape index (κ2) is 14.4. The number of carbonyl (C=O) groups excluding carboxylic acids is 1. The number of carbonyl (C=O) groups is 1. The van der Waals surface area contributed by atoms with Gasteiger partial charge in [-0.1, -0.05) is 73.7 Å². The van der Waals surface area contributed by atoms with Gasteiger partial charge < -0.3 is 15.2 Å². The number of amides is 1. The highest BCUT2D eigenvalue weighted by Gasteiger charge is 2.27. The molecule has 1 amide bonds. The lowest BCUT2D eigenvalue weighted by atomic mass is 9.99. The molecule has 1 saturated heterocycles. The lowest BCUT2D eigenvalue weighted by Crippen LogP contribution is -2.47. The zero-order valence-corrected chi connectivity index (χ0v) is 24.2. The molecule has 1 aliphatic heterocycles. The first-order chi connectivity index (χ1) is 20.6. The van der Waals surface area contributed by atoms with Crippen LogP contribution in [-0.4, -0.2) is 77.9 Å². The Bertz CT molecular complexity index is 1520. The minimum Gasteiger partial charge on any atom is -0.394 e. The van der Waals surface area contributed by atoms with Gasteiger partial charge in [0.05, 0.1) is 37.1 Å². The number of para-hydroxylation sites is 1. The maximum Gasteiger partial charge on any atom is 0.263 e. The number of piperazine rings is 1. The van der Waals surface area contributed by atoms with Crippen molar-refractivity contribution in [3.05, 3.63) is 112 Å². The predicted octanol–water partition coefficient (Wildman–Crippen LogP) is 4.00. The summed E-state index contributed by atoms with van der Waals surface area (Å²) in [7, 11) is 0. The number of pyridine rings is 1. The number of fused-ring (bicyclic) bond motifs is 1. The van der Waals surface area contributed by atoms with Crippen LogP contribution in [0.15, 0.2) is 89.7 Å². The van der Waals surface area contributed by atoms with E-state index >= 15 is 0 Å². The summed E-state index contributed by atoms with van der Waals surface area (Å²) < 4.78 is 7.19. The van der Waals surface area contributed by atoms with Crippen LogP contribution < -0.4 is 10.9 Å². The molecule has 0 radical (unpaired) electrons. The van der Waals surface area contributed by atoms with E-state index in [1.165, 1.54) is 0 Å². The van der Waals surface area contributed by atoms with E-state index in [9.17, 15) is 9.59 Å². The zero-order chi connectivity index (χ0) is 29.3. The molecule has 8 heteroatoms. The fourth-order valence-electron chi connectivity index (χ4n) is 5.73.